The second kappa shape index (κ2) is 7.62. The number of nitrogens with one attached hydrogen (secondary N) is 2. The molecular weight excluding hydrogens is 226 g/mol. The molecule has 1 saturated heterocycles. The van der Waals surface area contributed by atoms with E-state index in [9.17, 15) is 4.79 Å². The highest BCUT2D eigenvalue weighted by molar-refractivity contribution is 5.74. The first-order valence-electron chi connectivity index (χ1n) is 7.61. The second-order valence-corrected chi connectivity index (χ2v) is 5.64. The summed E-state index contributed by atoms with van der Waals surface area (Å²) >= 11 is 0. The summed E-state index contributed by atoms with van der Waals surface area (Å²) in [6.07, 6.45) is 10.2. The van der Waals surface area contributed by atoms with Gasteiger partial charge in [0.15, 0.2) is 0 Å². The van der Waals surface area contributed by atoms with E-state index in [1.54, 1.807) is 0 Å². The van der Waals surface area contributed by atoms with Gasteiger partial charge in [0.2, 0.25) is 0 Å². The summed E-state index contributed by atoms with van der Waals surface area (Å²) in [6, 6.07) is 0.438. The number of piperidine rings is 1. The number of amides is 2. The zero-order valence-electron chi connectivity index (χ0n) is 11.4. The molecule has 0 atom stereocenters. The van der Waals surface area contributed by atoms with E-state index in [0.717, 1.165) is 25.9 Å². The maximum atomic E-state index is 11.7. The Morgan fingerprint density at radius 3 is 2.39 bits per heavy atom. The molecule has 0 spiro atoms. The Morgan fingerprint density at radius 2 is 1.67 bits per heavy atom. The van der Waals surface area contributed by atoms with Crippen LogP contribution in [-0.2, 0) is 0 Å². The van der Waals surface area contributed by atoms with Gasteiger partial charge >= 0.3 is 6.03 Å². The standard InChI is InChI=1S/C14H27N3O/c18-14(16-13-7-3-1-4-8-13)15-9-12-17-10-5-2-6-11-17/h13H,1-12H2,(H2,15,16,18). The highest BCUT2D eigenvalue weighted by Crippen LogP contribution is 2.17. The van der Waals surface area contributed by atoms with Gasteiger partial charge in [0.1, 0.15) is 0 Å². The molecule has 2 fully saturated rings. The molecule has 4 nitrogen and oxygen atoms in total. The maximum Gasteiger partial charge on any atom is 0.315 e. The van der Waals surface area contributed by atoms with Crippen molar-refractivity contribution in [1.82, 2.24) is 15.5 Å². The minimum Gasteiger partial charge on any atom is -0.337 e. The molecule has 0 aromatic rings. The zero-order valence-corrected chi connectivity index (χ0v) is 11.4. The van der Waals surface area contributed by atoms with Crippen molar-refractivity contribution in [2.75, 3.05) is 26.2 Å². The third-order valence-corrected chi connectivity index (χ3v) is 4.10. The van der Waals surface area contributed by atoms with Crippen LogP contribution in [0.1, 0.15) is 51.4 Å². The quantitative estimate of drug-likeness (QED) is 0.806. The maximum absolute atomic E-state index is 11.7. The summed E-state index contributed by atoms with van der Waals surface area (Å²) in [5.74, 6) is 0. The Kier molecular flexibility index (Phi) is 5.78. The SMILES string of the molecule is O=C(NCCN1CCCCC1)NC1CCCCC1. The van der Waals surface area contributed by atoms with Gasteiger partial charge in [-0.15, -0.1) is 0 Å². The number of likely N-dealkylation sites (tertiary alicyclic amines) is 1. The lowest BCUT2D eigenvalue weighted by molar-refractivity contribution is 0.217. The van der Waals surface area contributed by atoms with Gasteiger partial charge in [0.05, 0.1) is 0 Å². The molecule has 1 aliphatic heterocycles. The molecule has 1 heterocycles. The van der Waals surface area contributed by atoms with Gasteiger partial charge in [-0.1, -0.05) is 25.7 Å². The van der Waals surface area contributed by atoms with Crippen LogP contribution in [0.5, 0.6) is 0 Å². The molecule has 104 valence electrons. The Morgan fingerprint density at radius 1 is 1.00 bits per heavy atom. The van der Waals surface area contributed by atoms with Gasteiger partial charge in [-0.2, -0.15) is 0 Å². The van der Waals surface area contributed by atoms with Crippen LogP contribution in [0.2, 0.25) is 0 Å². The first kappa shape index (κ1) is 13.7. The highest BCUT2D eigenvalue weighted by Gasteiger charge is 2.15. The van der Waals surface area contributed by atoms with E-state index in [4.69, 9.17) is 0 Å². The van der Waals surface area contributed by atoms with Crippen LogP contribution in [0, 0.1) is 0 Å². The normalized spacial score (nSPS) is 22.7. The average Bonchev–Trinajstić information content (AvgIpc) is 2.41. The van der Waals surface area contributed by atoms with E-state index in [1.807, 2.05) is 0 Å². The van der Waals surface area contributed by atoms with Crippen molar-refractivity contribution in [3.05, 3.63) is 0 Å². The fraction of sp³-hybridized carbons (Fsp3) is 0.929. The molecule has 0 radical (unpaired) electrons. The van der Waals surface area contributed by atoms with E-state index in [2.05, 4.69) is 15.5 Å². The predicted molar refractivity (Wildman–Crippen MR) is 73.7 cm³/mol. The van der Waals surface area contributed by atoms with E-state index >= 15 is 0 Å². The second-order valence-electron chi connectivity index (χ2n) is 5.64. The Balaban J connectivity index is 1.53. The van der Waals surface area contributed by atoms with Crippen LogP contribution >= 0.6 is 0 Å². The largest absolute Gasteiger partial charge is 0.337 e. The molecule has 1 aliphatic carbocycles. The topological polar surface area (TPSA) is 44.4 Å². The minimum atomic E-state index is 0.0268. The smallest absolute Gasteiger partial charge is 0.315 e. The van der Waals surface area contributed by atoms with Crippen molar-refractivity contribution in [2.45, 2.75) is 57.4 Å². The first-order valence-corrected chi connectivity index (χ1v) is 7.61. The van der Waals surface area contributed by atoms with E-state index in [1.165, 1.54) is 51.6 Å². The number of carbonyl (C=O) groups excluding carboxylic acids is 1. The van der Waals surface area contributed by atoms with Crippen LogP contribution in [-0.4, -0.2) is 43.2 Å². The van der Waals surface area contributed by atoms with Gasteiger partial charge in [-0.3, -0.25) is 0 Å². The van der Waals surface area contributed by atoms with Crippen LogP contribution in [0.25, 0.3) is 0 Å². The molecular formula is C14H27N3O. The fourth-order valence-electron chi connectivity index (χ4n) is 2.99. The molecule has 4 heteroatoms. The fourth-order valence-corrected chi connectivity index (χ4v) is 2.99. The molecule has 2 aliphatic rings. The molecule has 0 bridgehead atoms. The van der Waals surface area contributed by atoms with Crippen molar-refractivity contribution >= 4 is 6.03 Å². The van der Waals surface area contributed by atoms with Gasteiger partial charge < -0.3 is 15.5 Å². The molecule has 0 aromatic heterocycles. The molecule has 0 aromatic carbocycles. The van der Waals surface area contributed by atoms with E-state index in [-0.39, 0.29) is 6.03 Å². The van der Waals surface area contributed by atoms with Gasteiger partial charge in [-0.05, 0) is 38.8 Å². The van der Waals surface area contributed by atoms with E-state index < -0.39 is 0 Å². The third-order valence-electron chi connectivity index (χ3n) is 4.10. The predicted octanol–water partition coefficient (Wildman–Crippen LogP) is 2.10. The molecule has 2 rings (SSSR count). The third kappa shape index (κ3) is 4.84. The van der Waals surface area contributed by atoms with Crippen molar-refractivity contribution in [3.8, 4) is 0 Å². The van der Waals surface area contributed by atoms with Gasteiger partial charge in [-0.25, -0.2) is 4.79 Å². The van der Waals surface area contributed by atoms with Crippen molar-refractivity contribution < 1.29 is 4.79 Å². The zero-order chi connectivity index (χ0) is 12.6. The van der Waals surface area contributed by atoms with Crippen LogP contribution in [0.4, 0.5) is 4.79 Å². The highest BCUT2D eigenvalue weighted by atomic mass is 16.2. The summed E-state index contributed by atoms with van der Waals surface area (Å²) in [4.78, 5) is 14.2. The van der Waals surface area contributed by atoms with Crippen molar-refractivity contribution in [3.63, 3.8) is 0 Å². The summed E-state index contributed by atoms with van der Waals surface area (Å²) in [7, 11) is 0. The lowest BCUT2D eigenvalue weighted by Gasteiger charge is -2.27. The summed E-state index contributed by atoms with van der Waals surface area (Å²) in [6.45, 7) is 4.18. The molecule has 1 saturated carbocycles. The lowest BCUT2D eigenvalue weighted by atomic mass is 9.96. The number of hydrogen-bond acceptors (Lipinski definition) is 2. The molecule has 2 amide bonds. The Hall–Kier alpha value is -0.770. The van der Waals surface area contributed by atoms with Crippen molar-refractivity contribution in [1.29, 1.82) is 0 Å². The summed E-state index contributed by atoms with van der Waals surface area (Å²) < 4.78 is 0. The Labute approximate surface area is 110 Å². The Bertz CT molecular complexity index is 245. The van der Waals surface area contributed by atoms with Gasteiger partial charge in [0, 0.05) is 19.1 Å². The lowest BCUT2D eigenvalue weighted by Crippen LogP contribution is -2.45. The summed E-state index contributed by atoms with van der Waals surface area (Å²) in [5, 5.41) is 6.07. The van der Waals surface area contributed by atoms with Crippen LogP contribution in [0.3, 0.4) is 0 Å². The monoisotopic (exact) mass is 253 g/mol. The first-order chi connectivity index (χ1) is 8.84. The average molecular weight is 253 g/mol. The number of carbonyl (C=O) groups is 1. The molecule has 18 heavy (non-hydrogen) atoms. The van der Waals surface area contributed by atoms with E-state index in [0.29, 0.717) is 6.04 Å². The molecule has 0 unspecified atom stereocenters. The number of nitrogens with zero attached hydrogens (tertiary/aromatic N) is 1. The number of hydrogen-bond donors (Lipinski definition) is 2. The summed E-state index contributed by atoms with van der Waals surface area (Å²) in [5.41, 5.74) is 0. The van der Waals surface area contributed by atoms with Crippen molar-refractivity contribution in [2.24, 2.45) is 0 Å². The van der Waals surface area contributed by atoms with Crippen LogP contribution in [0.15, 0.2) is 0 Å². The van der Waals surface area contributed by atoms with Gasteiger partial charge in [0.25, 0.3) is 0 Å². The molecule has 2 N–H and O–H groups in total. The number of rotatable bonds is 4. The minimum absolute atomic E-state index is 0.0268. The number of urea groups is 1. The van der Waals surface area contributed by atoms with Crippen LogP contribution < -0.4 is 10.6 Å².